The van der Waals surface area contributed by atoms with Crippen LogP contribution in [0.15, 0.2) is 6.20 Å². The van der Waals surface area contributed by atoms with Gasteiger partial charge in [0.05, 0.1) is 5.69 Å². The van der Waals surface area contributed by atoms with E-state index >= 15 is 0 Å². The van der Waals surface area contributed by atoms with Crippen LogP contribution in [0.5, 0.6) is 0 Å². The molecule has 0 radical (unpaired) electrons. The fraction of sp³-hybridized carbons (Fsp3) is 0.714. The van der Waals surface area contributed by atoms with E-state index in [-0.39, 0.29) is 0 Å². The first-order valence-electron chi connectivity index (χ1n) is 4.16. The van der Waals surface area contributed by atoms with E-state index in [0.717, 1.165) is 25.1 Å². The Morgan fingerprint density at radius 3 is 2.83 bits per heavy atom. The Kier molecular flexibility index (Phi) is 3.69. The van der Waals surface area contributed by atoms with Gasteiger partial charge in [0.2, 0.25) is 0 Å². The molecule has 0 fully saturated rings. The molecule has 0 aromatic carbocycles. The summed E-state index contributed by atoms with van der Waals surface area (Å²) in [5, 5.41) is 7.88. The number of aromatic nitrogens is 3. The van der Waals surface area contributed by atoms with Crippen LogP contribution in [0.1, 0.15) is 12.1 Å². The fourth-order valence-corrected chi connectivity index (χ4v) is 0.964. The van der Waals surface area contributed by atoms with Crippen LogP contribution in [-0.4, -0.2) is 28.1 Å². The van der Waals surface area contributed by atoms with E-state index in [1.165, 1.54) is 0 Å². The summed E-state index contributed by atoms with van der Waals surface area (Å²) < 4.78 is 1.80. The van der Waals surface area contributed by atoms with Crippen molar-refractivity contribution < 1.29 is 0 Å². The average molecular weight is 169 g/mol. The molecule has 0 aliphatic heterocycles. The van der Waals surface area contributed by atoms with E-state index in [2.05, 4.69) is 10.3 Å². The number of hydrogen-bond acceptors (Lipinski definition) is 4. The van der Waals surface area contributed by atoms with E-state index in [9.17, 15) is 0 Å². The van der Waals surface area contributed by atoms with Crippen LogP contribution in [0.3, 0.4) is 0 Å². The Hall–Kier alpha value is -0.940. The predicted molar refractivity (Wildman–Crippen MR) is 46.5 cm³/mol. The van der Waals surface area contributed by atoms with Crippen LogP contribution in [-0.2, 0) is 13.0 Å². The standard InChI is InChI=1S/C7H15N5/c8-3-1-5-12-6-7(2-4-9)10-11-12/h6H,1-5,8-9H2. The summed E-state index contributed by atoms with van der Waals surface area (Å²) in [6.07, 6.45) is 3.65. The lowest BCUT2D eigenvalue weighted by Crippen LogP contribution is -2.06. The molecule has 0 unspecified atom stereocenters. The molecule has 1 rings (SSSR count). The molecule has 1 heterocycles. The second-order valence-electron chi connectivity index (χ2n) is 2.65. The third kappa shape index (κ3) is 2.60. The number of hydrogen-bond donors (Lipinski definition) is 2. The largest absolute Gasteiger partial charge is 0.330 e. The number of aryl methyl sites for hydroxylation is 1. The van der Waals surface area contributed by atoms with E-state index < -0.39 is 0 Å². The van der Waals surface area contributed by atoms with Crippen LogP contribution in [0.25, 0.3) is 0 Å². The Balaban J connectivity index is 2.41. The highest BCUT2D eigenvalue weighted by Gasteiger charge is 1.97. The molecule has 0 aliphatic rings. The smallest absolute Gasteiger partial charge is 0.0839 e. The Bertz CT molecular complexity index is 219. The molecule has 0 spiro atoms. The third-order valence-electron chi connectivity index (χ3n) is 1.58. The monoisotopic (exact) mass is 169 g/mol. The number of rotatable bonds is 5. The van der Waals surface area contributed by atoms with Gasteiger partial charge < -0.3 is 11.5 Å². The van der Waals surface area contributed by atoms with E-state index in [1.807, 2.05) is 6.20 Å². The molecule has 0 aliphatic carbocycles. The number of nitrogens with zero attached hydrogens (tertiary/aromatic N) is 3. The van der Waals surface area contributed by atoms with Crippen molar-refractivity contribution in [2.75, 3.05) is 13.1 Å². The summed E-state index contributed by atoms with van der Waals surface area (Å²) in [5.41, 5.74) is 11.7. The van der Waals surface area contributed by atoms with Gasteiger partial charge in [0.1, 0.15) is 0 Å². The van der Waals surface area contributed by atoms with Gasteiger partial charge in [0, 0.05) is 19.2 Å². The molecule has 0 saturated heterocycles. The Morgan fingerprint density at radius 1 is 1.33 bits per heavy atom. The molecule has 0 bridgehead atoms. The summed E-state index contributed by atoms with van der Waals surface area (Å²) in [5.74, 6) is 0. The maximum Gasteiger partial charge on any atom is 0.0839 e. The third-order valence-corrected chi connectivity index (χ3v) is 1.58. The molecule has 1 aromatic heterocycles. The van der Waals surface area contributed by atoms with Gasteiger partial charge in [0.25, 0.3) is 0 Å². The highest BCUT2D eigenvalue weighted by Crippen LogP contribution is 1.93. The minimum Gasteiger partial charge on any atom is -0.330 e. The van der Waals surface area contributed by atoms with Gasteiger partial charge in [-0.3, -0.25) is 4.68 Å². The first kappa shape index (κ1) is 9.15. The molecule has 4 N–H and O–H groups in total. The molecular weight excluding hydrogens is 154 g/mol. The second-order valence-corrected chi connectivity index (χ2v) is 2.65. The van der Waals surface area contributed by atoms with Gasteiger partial charge >= 0.3 is 0 Å². The van der Waals surface area contributed by atoms with E-state index in [4.69, 9.17) is 11.5 Å². The first-order chi connectivity index (χ1) is 5.86. The summed E-state index contributed by atoms with van der Waals surface area (Å²) in [6, 6.07) is 0. The van der Waals surface area contributed by atoms with Gasteiger partial charge in [0.15, 0.2) is 0 Å². The Labute approximate surface area is 71.7 Å². The highest BCUT2D eigenvalue weighted by molar-refractivity contribution is 4.92. The van der Waals surface area contributed by atoms with Crippen molar-refractivity contribution in [2.24, 2.45) is 11.5 Å². The maximum absolute atomic E-state index is 5.37. The lowest BCUT2D eigenvalue weighted by Gasteiger charge is -1.95. The number of nitrogens with two attached hydrogens (primary N) is 2. The quantitative estimate of drug-likeness (QED) is 0.600. The molecule has 68 valence electrons. The van der Waals surface area contributed by atoms with E-state index in [0.29, 0.717) is 13.1 Å². The molecule has 0 amide bonds. The maximum atomic E-state index is 5.37. The normalized spacial score (nSPS) is 10.5. The zero-order chi connectivity index (χ0) is 8.81. The summed E-state index contributed by atoms with van der Waals surface area (Å²) in [6.45, 7) is 2.15. The van der Waals surface area contributed by atoms with Gasteiger partial charge in [-0.25, -0.2) is 0 Å². The summed E-state index contributed by atoms with van der Waals surface area (Å²) >= 11 is 0. The summed E-state index contributed by atoms with van der Waals surface area (Å²) in [7, 11) is 0. The van der Waals surface area contributed by atoms with Crippen molar-refractivity contribution in [1.82, 2.24) is 15.0 Å². The molecule has 12 heavy (non-hydrogen) atoms. The molecular formula is C7H15N5. The minimum absolute atomic E-state index is 0.621. The predicted octanol–water partition coefficient (Wildman–Crippen LogP) is -0.872. The topological polar surface area (TPSA) is 82.8 Å². The Morgan fingerprint density at radius 2 is 2.17 bits per heavy atom. The van der Waals surface area contributed by atoms with Gasteiger partial charge in [-0.2, -0.15) is 0 Å². The van der Waals surface area contributed by atoms with Crippen LogP contribution in [0.2, 0.25) is 0 Å². The molecule has 0 saturated carbocycles. The lowest BCUT2D eigenvalue weighted by molar-refractivity contribution is 0.564. The highest BCUT2D eigenvalue weighted by atomic mass is 15.4. The zero-order valence-electron chi connectivity index (χ0n) is 7.11. The van der Waals surface area contributed by atoms with Crippen molar-refractivity contribution in [3.63, 3.8) is 0 Å². The lowest BCUT2D eigenvalue weighted by atomic mass is 10.3. The average Bonchev–Trinajstić information content (AvgIpc) is 2.50. The molecule has 5 heteroatoms. The zero-order valence-corrected chi connectivity index (χ0v) is 7.11. The van der Waals surface area contributed by atoms with Gasteiger partial charge in [-0.1, -0.05) is 5.21 Å². The minimum atomic E-state index is 0.621. The SMILES string of the molecule is NCCCn1cc(CCN)nn1. The van der Waals surface area contributed by atoms with Crippen molar-refractivity contribution in [1.29, 1.82) is 0 Å². The van der Waals surface area contributed by atoms with Crippen molar-refractivity contribution >= 4 is 0 Å². The summed E-state index contributed by atoms with van der Waals surface area (Å²) in [4.78, 5) is 0. The molecule has 0 atom stereocenters. The van der Waals surface area contributed by atoms with Crippen LogP contribution < -0.4 is 11.5 Å². The van der Waals surface area contributed by atoms with Crippen LogP contribution >= 0.6 is 0 Å². The van der Waals surface area contributed by atoms with E-state index in [1.54, 1.807) is 4.68 Å². The van der Waals surface area contributed by atoms with Crippen molar-refractivity contribution in [3.05, 3.63) is 11.9 Å². The van der Waals surface area contributed by atoms with Gasteiger partial charge in [-0.15, -0.1) is 5.10 Å². The van der Waals surface area contributed by atoms with Crippen LogP contribution in [0.4, 0.5) is 0 Å². The molecule has 1 aromatic rings. The van der Waals surface area contributed by atoms with Crippen molar-refractivity contribution in [3.8, 4) is 0 Å². The fourth-order valence-electron chi connectivity index (χ4n) is 0.964. The molecule has 5 nitrogen and oxygen atoms in total. The first-order valence-corrected chi connectivity index (χ1v) is 4.16. The second kappa shape index (κ2) is 4.84. The van der Waals surface area contributed by atoms with Crippen molar-refractivity contribution in [2.45, 2.75) is 19.4 Å². The van der Waals surface area contributed by atoms with Crippen LogP contribution in [0, 0.1) is 0 Å². The van der Waals surface area contributed by atoms with Gasteiger partial charge in [-0.05, 0) is 19.5 Å².